The van der Waals surface area contributed by atoms with Crippen LogP contribution in [0.4, 0.5) is 17.6 Å². The van der Waals surface area contributed by atoms with Crippen molar-refractivity contribution < 1.29 is 31.8 Å². The van der Waals surface area contributed by atoms with Crippen molar-refractivity contribution in [3.8, 4) is 5.75 Å². The van der Waals surface area contributed by atoms with Gasteiger partial charge in [0, 0.05) is 17.6 Å². The second-order valence-corrected chi connectivity index (χ2v) is 11.3. The number of rotatable bonds is 7. The van der Waals surface area contributed by atoms with Crippen molar-refractivity contribution in [1.82, 2.24) is 9.88 Å². The number of carbonyl (C=O) groups excluding carboxylic acids is 1. The largest absolute Gasteiger partial charge is 0.493 e. The number of piperidine rings is 1. The molecule has 0 N–H and O–H groups in total. The molecule has 0 unspecified atom stereocenters. The highest BCUT2D eigenvalue weighted by Gasteiger charge is 2.34. The van der Waals surface area contributed by atoms with E-state index in [-0.39, 0.29) is 34.7 Å². The summed E-state index contributed by atoms with van der Waals surface area (Å²) in [5.41, 5.74) is -0.691. The van der Waals surface area contributed by atoms with E-state index in [1.807, 2.05) is 4.90 Å². The molecule has 202 valence electrons. The van der Waals surface area contributed by atoms with Gasteiger partial charge in [-0.25, -0.2) is 14.2 Å². The van der Waals surface area contributed by atoms with Gasteiger partial charge in [-0.15, -0.1) is 0 Å². The highest BCUT2D eigenvalue weighted by atomic mass is 35.5. The smallest absolute Gasteiger partial charge is 0.433 e. The van der Waals surface area contributed by atoms with E-state index < -0.39 is 29.3 Å². The third kappa shape index (κ3) is 7.57. The Kier molecular flexibility index (Phi) is 8.04. The predicted molar refractivity (Wildman–Crippen MR) is 131 cm³/mol. The summed E-state index contributed by atoms with van der Waals surface area (Å²) in [7, 11) is 0. The summed E-state index contributed by atoms with van der Waals surface area (Å²) in [5.74, 6) is -0.448. The standard InChI is InChI=1S/C27H31ClF4N2O3/c1-26(2,3)37-25(35)21-12-20(17-4-5-17)23(13-22(21)29)36-15-16-6-8-34(9-7-16)14-19-10-18(28)11-24(33-19)27(30,31)32/h10-13,16-17H,4-9,14-15H2,1-3H3. The average Bonchev–Trinajstić information content (AvgIpc) is 3.62. The SMILES string of the molecule is CC(C)(C)OC(=O)c1cc(C2CC2)c(OCC2CCN(Cc3cc(Cl)cc(C(F)(F)F)n3)CC2)cc1F. The highest BCUT2D eigenvalue weighted by molar-refractivity contribution is 6.30. The number of nitrogens with zero attached hydrogens (tertiary/aromatic N) is 2. The lowest BCUT2D eigenvalue weighted by Crippen LogP contribution is -2.35. The molecule has 37 heavy (non-hydrogen) atoms. The van der Waals surface area contributed by atoms with Crippen LogP contribution in [-0.4, -0.2) is 41.2 Å². The van der Waals surface area contributed by atoms with Gasteiger partial charge in [0.15, 0.2) is 0 Å². The number of pyridine rings is 1. The van der Waals surface area contributed by atoms with Crippen molar-refractivity contribution in [3.05, 3.63) is 57.6 Å². The Balaban J connectivity index is 1.34. The summed E-state index contributed by atoms with van der Waals surface area (Å²) in [6, 6.07) is 5.13. The molecule has 2 heterocycles. The molecule has 1 aromatic carbocycles. The number of likely N-dealkylation sites (tertiary alicyclic amines) is 1. The summed E-state index contributed by atoms with van der Waals surface area (Å²) in [5, 5.41) is 0.0111. The lowest BCUT2D eigenvalue weighted by molar-refractivity contribution is -0.141. The van der Waals surface area contributed by atoms with Gasteiger partial charge in [-0.05, 0) is 95.1 Å². The third-order valence-electron chi connectivity index (χ3n) is 6.44. The van der Waals surface area contributed by atoms with E-state index in [0.29, 0.717) is 25.4 Å². The van der Waals surface area contributed by atoms with Gasteiger partial charge in [0.25, 0.3) is 0 Å². The lowest BCUT2D eigenvalue weighted by Gasteiger charge is -2.32. The number of hydrogen-bond acceptors (Lipinski definition) is 5. The van der Waals surface area contributed by atoms with Crippen LogP contribution in [0.5, 0.6) is 5.75 Å². The van der Waals surface area contributed by atoms with Gasteiger partial charge in [-0.2, -0.15) is 13.2 Å². The van der Waals surface area contributed by atoms with Crippen LogP contribution in [0.3, 0.4) is 0 Å². The molecule has 2 aliphatic rings. The van der Waals surface area contributed by atoms with Crippen LogP contribution < -0.4 is 4.74 Å². The Hall–Kier alpha value is -2.39. The van der Waals surface area contributed by atoms with Gasteiger partial charge in [0.1, 0.15) is 22.9 Å². The maximum absolute atomic E-state index is 14.8. The van der Waals surface area contributed by atoms with Crippen LogP contribution in [0.1, 0.15) is 79.7 Å². The van der Waals surface area contributed by atoms with Crippen LogP contribution in [0.2, 0.25) is 5.02 Å². The van der Waals surface area contributed by atoms with Crippen LogP contribution >= 0.6 is 11.6 Å². The molecule has 10 heteroatoms. The van der Waals surface area contributed by atoms with Crippen molar-refractivity contribution in [1.29, 1.82) is 0 Å². The molecular formula is C27H31ClF4N2O3. The molecule has 1 aliphatic heterocycles. The first-order valence-corrected chi connectivity index (χ1v) is 12.8. The Bertz CT molecular complexity index is 1140. The van der Waals surface area contributed by atoms with Crippen LogP contribution in [-0.2, 0) is 17.5 Å². The van der Waals surface area contributed by atoms with E-state index in [2.05, 4.69) is 4.98 Å². The quantitative estimate of drug-likeness (QED) is 0.278. The van der Waals surface area contributed by atoms with E-state index in [1.54, 1.807) is 26.8 Å². The van der Waals surface area contributed by atoms with Crippen molar-refractivity contribution in [2.24, 2.45) is 5.92 Å². The van der Waals surface area contributed by atoms with E-state index in [1.165, 1.54) is 12.1 Å². The third-order valence-corrected chi connectivity index (χ3v) is 6.65. The summed E-state index contributed by atoms with van der Waals surface area (Å²) in [4.78, 5) is 18.2. The van der Waals surface area contributed by atoms with Crippen LogP contribution in [0, 0.1) is 11.7 Å². The number of hydrogen-bond donors (Lipinski definition) is 0. The fourth-order valence-electron chi connectivity index (χ4n) is 4.42. The number of halogens is 5. The zero-order valence-corrected chi connectivity index (χ0v) is 21.9. The minimum absolute atomic E-state index is 0.0111. The predicted octanol–water partition coefficient (Wildman–Crippen LogP) is 7.02. The monoisotopic (exact) mass is 542 g/mol. The number of alkyl halides is 3. The normalized spacial score (nSPS) is 17.6. The van der Waals surface area contributed by atoms with Crippen molar-refractivity contribution in [2.75, 3.05) is 19.7 Å². The fraction of sp³-hybridized carbons (Fsp3) is 0.556. The molecule has 1 saturated carbocycles. The Labute approximate surface area is 219 Å². The van der Waals surface area contributed by atoms with E-state index in [9.17, 15) is 22.4 Å². The van der Waals surface area contributed by atoms with Gasteiger partial charge >= 0.3 is 12.1 Å². The van der Waals surface area contributed by atoms with Crippen LogP contribution in [0.15, 0.2) is 24.3 Å². The molecule has 0 amide bonds. The molecule has 4 rings (SSSR count). The van der Waals surface area contributed by atoms with Crippen molar-refractivity contribution in [2.45, 2.75) is 70.7 Å². The van der Waals surface area contributed by atoms with Gasteiger partial charge in [-0.1, -0.05) is 11.6 Å². The maximum atomic E-state index is 14.8. The Morgan fingerprint density at radius 3 is 2.35 bits per heavy atom. The summed E-state index contributed by atoms with van der Waals surface area (Å²) in [6.07, 6.45) is -1.06. The number of esters is 1. The van der Waals surface area contributed by atoms with Gasteiger partial charge < -0.3 is 9.47 Å². The topological polar surface area (TPSA) is 51.7 Å². The summed E-state index contributed by atoms with van der Waals surface area (Å²) >= 11 is 5.87. The minimum atomic E-state index is -4.55. The van der Waals surface area contributed by atoms with Crippen molar-refractivity contribution >= 4 is 17.6 Å². The van der Waals surface area contributed by atoms with Gasteiger partial charge in [-0.3, -0.25) is 4.90 Å². The summed E-state index contributed by atoms with van der Waals surface area (Å²) < 4.78 is 65.3. The molecule has 0 spiro atoms. The van der Waals surface area contributed by atoms with Crippen LogP contribution in [0.25, 0.3) is 0 Å². The molecule has 1 saturated heterocycles. The fourth-order valence-corrected chi connectivity index (χ4v) is 4.65. The molecule has 1 aliphatic carbocycles. The molecule has 0 atom stereocenters. The second kappa shape index (κ2) is 10.8. The maximum Gasteiger partial charge on any atom is 0.433 e. The minimum Gasteiger partial charge on any atom is -0.493 e. The first-order chi connectivity index (χ1) is 17.3. The molecule has 5 nitrogen and oxygen atoms in total. The lowest BCUT2D eigenvalue weighted by atomic mass is 9.97. The molecule has 1 aromatic heterocycles. The first-order valence-electron chi connectivity index (χ1n) is 12.4. The van der Waals surface area contributed by atoms with E-state index >= 15 is 0 Å². The number of carbonyl (C=O) groups is 1. The molecular weight excluding hydrogens is 512 g/mol. The van der Waals surface area contributed by atoms with Crippen molar-refractivity contribution in [3.63, 3.8) is 0 Å². The highest BCUT2D eigenvalue weighted by Crippen LogP contribution is 2.45. The number of benzene rings is 1. The summed E-state index contributed by atoms with van der Waals surface area (Å²) in [6.45, 7) is 7.22. The van der Waals surface area contributed by atoms with E-state index in [4.69, 9.17) is 21.1 Å². The first kappa shape index (κ1) is 27.6. The number of aromatic nitrogens is 1. The van der Waals surface area contributed by atoms with Gasteiger partial charge in [0.05, 0.1) is 17.9 Å². The average molecular weight is 543 g/mol. The van der Waals surface area contributed by atoms with E-state index in [0.717, 1.165) is 37.3 Å². The Morgan fingerprint density at radius 2 is 1.76 bits per heavy atom. The molecule has 2 fully saturated rings. The van der Waals surface area contributed by atoms with Gasteiger partial charge in [0.2, 0.25) is 0 Å². The molecule has 2 aromatic rings. The zero-order chi connectivity index (χ0) is 27.0. The second-order valence-electron chi connectivity index (χ2n) is 10.8. The molecule has 0 bridgehead atoms. The number of ether oxygens (including phenoxy) is 2. The zero-order valence-electron chi connectivity index (χ0n) is 21.1. The Morgan fingerprint density at radius 1 is 1.08 bits per heavy atom. The molecule has 0 radical (unpaired) electrons.